The van der Waals surface area contributed by atoms with Crippen LogP contribution < -0.4 is 10.6 Å². The Bertz CT molecular complexity index is 976. The predicted octanol–water partition coefficient (Wildman–Crippen LogP) is 3.62. The molecular weight excluding hydrogens is 330 g/mol. The van der Waals surface area contributed by atoms with Crippen molar-refractivity contribution in [3.05, 3.63) is 59.3 Å². The van der Waals surface area contributed by atoms with Gasteiger partial charge in [0.2, 0.25) is 5.91 Å². The number of methoxy groups -OCH3 is 1. The number of H-pyrrole nitrogens is 1. The number of hydrogen-bond acceptors (Lipinski definition) is 3. The molecule has 0 aliphatic carbocycles. The number of hydrogen-bond donors (Lipinski definition) is 3. The van der Waals surface area contributed by atoms with Crippen LogP contribution in [0, 0.1) is 13.8 Å². The van der Waals surface area contributed by atoms with E-state index in [1.165, 1.54) is 7.11 Å². The Morgan fingerprint density at radius 1 is 1.04 bits per heavy atom. The molecule has 0 bridgehead atoms. The molecule has 0 unspecified atom stereocenters. The van der Waals surface area contributed by atoms with Crippen molar-refractivity contribution in [2.45, 2.75) is 13.8 Å². The topological polar surface area (TPSA) is 83.2 Å². The van der Waals surface area contributed by atoms with Crippen molar-refractivity contribution in [1.29, 1.82) is 0 Å². The molecule has 0 spiro atoms. The molecule has 6 heteroatoms. The molecule has 2 aromatic carbocycles. The van der Waals surface area contributed by atoms with Crippen LogP contribution in [0.15, 0.2) is 42.5 Å². The lowest BCUT2D eigenvalue weighted by atomic mass is 10.1. The van der Waals surface area contributed by atoms with Gasteiger partial charge in [-0.2, -0.15) is 0 Å². The predicted molar refractivity (Wildman–Crippen MR) is 103 cm³/mol. The first kappa shape index (κ1) is 17.7. The third-order valence-electron chi connectivity index (χ3n) is 4.25. The summed E-state index contributed by atoms with van der Waals surface area (Å²) in [7, 11) is 1.46. The van der Waals surface area contributed by atoms with E-state index >= 15 is 0 Å². The molecule has 6 nitrogen and oxygen atoms in total. The van der Waals surface area contributed by atoms with E-state index in [9.17, 15) is 9.59 Å². The Morgan fingerprint density at radius 3 is 2.50 bits per heavy atom. The normalized spacial score (nSPS) is 10.7. The van der Waals surface area contributed by atoms with Gasteiger partial charge in [0.25, 0.3) is 5.91 Å². The van der Waals surface area contributed by atoms with Crippen molar-refractivity contribution in [2.24, 2.45) is 0 Å². The zero-order chi connectivity index (χ0) is 18.7. The van der Waals surface area contributed by atoms with Crippen LogP contribution in [-0.2, 0) is 9.53 Å². The molecule has 0 aliphatic heterocycles. The van der Waals surface area contributed by atoms with Gasteiger partial charge in [-0.15, -0.1) is 0 Å². The molecule has 0 radical (unpaired) electrons. The average molecular weight is 351 g/mol. The first-order valence-corrected chi connectivity index (χ1v) is 8.27. The SMILES string of the molecule is COCC(=O)Nc1cccc(NC(=O)c2ccc3[nH]c(C)c(C)c3c2)c1. The molecule has 0 saturated heterocycles. The smallest absolute Gasteiger partial charge is 0.255 e. The maximum atomic E-state index is 12.6. The van der Waals surface area contributed by atoms with E-state index in [0.717, 1.165) is 22.2 Å². The fraction of sp³-hybridized carbons (Fsp3) is 0.200. The van der Waals surface area contributed by atoms with Gasteiger partial charge in [0.1, 0.15) is 6.61 Å². The van der Waals surface area contributed by atoms with Gasteiger partial charge in [-0.1, -0.05) is 6.07 Å². The summed E-state index contributed by atoms with van der Waals surface area (Å²) in [6.45, 7) is 4.02. The number of amides is 2. The molecule has 0 saturated carbocycles. The number of aryl methyl sites for hydroxylation is 2. The van der Waals surface area contributed by atoms with Gasteiger partial charge in [-0.25, -0.2) is 0 Å². The van der Waals surface area contributed by atoms with Gasteiger partial charge in [0, 0.05) is 40.6 Å². The second kappa shape index (κ2) is 7.41. The van der Waals surface area contributed by atoms with E-state index in [2.05, 4.69) is 15.6 Å². The van der Waals surface area contributed by atoms with Crippen molar-refractivity contribution in [3.63, 3.8) is 0 Å². The van der Waals surface area contributed by atoms with Crippen molar-refractivity contribution < 1.29 is 14.3 Å². The van der Waals surface area contributed by atoms with Crippen LogP contribution in [0.3, 0.4) is 0 Å². The number of aromatic nitrogens is 1. The van der Waals surface area contributed by atoms with Crippen LogP contribution >= 0.6 is 0 Å². The first-order chi connectivity index (χ1) is 12.5. The minimum Gasteiger partial charge on any atom is -0.375 e. The fourth-order valence-corrected chi connectivity index (χ4v) is 2.81. The minimum atomic E-state index is -0.250. The van der Waals surface area contributed by atoms with E-state index in [1.807, 2.05) is 26.0 Å². The average Bonchev–Trinajstić information content (AvgIpc) is 2.89. The summed E-state index contributed by atoms with van der Waals surface area (Å²) in [5, 5.41) is 6.61. The van der Waals surface area contributed by atoms with Crippen molar-refractivity contribution in [3.8, 4) is 0 Å². The highest BCUT2D eigenvalue weighted by atomic mass is 16.5. The second-order valence-electron chi connectivity index (χ2n) is 6.15. The molecular formula is C20H21N3O3. The van der Waals surface area contributed by atoms with Gasteiger partial charge < -0.3 is 20.4 Å². The number of nitrogens with one attached hydrogen (secondary N) is 3. The molecule has 26 heavy (non-hydrogen) atoms. The number of carbonyl (C=O) groups is 2. The van der Waals surface area contributed by atoms with Crippen LogP contribution in [0.2, 0.25) is 0 Å². The third kappa shape index (κ3) is 3.75. The Labute approximate surface area is 151 Å². The highest BCUT2D eigenvalue weighted by Crippen LogP contribution is 2.23. The number of ether oxygens (including phenoxy) is 1. The third-order valence-corrected chi connectivity index (χ3v) is 4.25. The van der Waals surface area contributed by atoms with Gasteiger partial charge in [-0.3, -0.25) is 9.59 Å². The Morgan fingerprint density at radius 2 is 1.77 bits per heavy atom. The summed E-state index contributed by atoms with van der Waals surface area (Å²) < 4.78 is 4.79. The molecule has 1 heterocycles. The van der Waals surface area contributed by atoms with E-state index in [0.29, 0.717) is 16.9 Å². The van der Waals surface area contributed by atoms with Crippen molar-refractivity contribution in [2.75, 3.05) is 24.4 Å². The minimum absolute atomic E-state index is 0.0218. The Balaban J connectivity index is 1.77. The molecule has 0 fully saturated rings. The molecule has 3 N–H and O–H groups in total. The van der Waals surface area contributed by atoms with Gasteiger partial charge in [-0.05, 0) is 55.8 Å². The van der Waals surface area contributed by atoms with Crippen LogP contribution in [-0.4, -0.2) is 30.5 Å². The van der Waals surface area contributed by atoms with E-state index in [4.69, 9.17) is 4.74 Å². The number of anilines is 2. The summed E-state index contributed by atoms with van der Waals surface area (Å²) in [5.74, 6) is -0.453. The lowest BCUT2D eigenvalue weighted by Gasteiger charge is -2.09. The van der Waals surface area contributed by atoms with Crippen LogP contribution in [0.25, 0.3) is 10.9 Å². The molecule has 3 aromatic rings. The standard InChI is InChI=1S/C20H21N3O3/c1-12-13(2)21-18-8-7-14(9-17(12)18)20(25)23-16-6-4-5-15(10-16)22-19(24)11-26-3/h4-10,21H,11H2,1-3H3,(H,22,24)(H,23,25). The zero-order valence-electron chi connectivity index (χ0n) is 15.0. The maximum Gasteiger partial charge on any atom is 0.255 e. The van der Waals surface area contributed by atoms with Crippen LogP contribution in [0.5, 0.6) is 0 Å². The van der Waals surface area contributed by atoms with Gasteiger partial charge >= 0.3 is 0 Å². The van der Waals surface area contributed by atoms with E-state index < -0.39 is 0 Å². The van der Waals surface area contributed by atoms with Crippen LogP contribution in [0.1, 0.15) is 21.6 Å². The summed E-state index contributed by atoms with van der Waals surface area (Å²) in [5.41, 5.74) is 5.02. The van der Waals surface area contributed by atoms with E-state index in [1.54, 1.807) is 30.3 Å². The summed E-state index contributed by atoms with van der Waals surface area (Å²) in [6, 6.07) is 12.6. The molecule has 0 aliphatic rings. The number of carbonyl (C=O) groups excluding carboxylic acids is 2. The van der Waals surface area contributed by atoms with Gasteiger partial charge in [0.05, 0.1) is 0 Å². The highest BCUT2D eigenvalue weighted by Gasteiger charge is 2.11. The zero-order valence-corrected chi connectivity index (χ0v) is 15.0. The summed E-state index contributed by atoms with van der Waals surface area (Å²) in [6.07, 6.45) is 0. The Kier molecular flexibility index (Phi) is 5.04. The number of aromatic amines is 1. The lowest BCUT2D eigenvalue weighted by molar-refractivity contribution is -0.119. The first-order valence-electron chi connectivity index (χ1n) is 8.27. The molecule has 134 valence electrons. The highest BCUT2D eigenvalue weighted by molar-refractivity contribution is 6.07. The number of fused-ring (bicyclic) bond motifs is 1. The number of benzene rings is 2. The number of rotatable bonds is 5. The van der Waals surface area contributed by atoms with Crippen molar-refractivity contribution >= 4 is 34.1 Å². The largest absolute Gasteiger partial charge is 0.375 e. The molecule has 0 atom stereocenters. The van der Waals surface area contributed by atoms with Gasteiger partial charge in [0.15, 0.2) is 0 Å². The summed E-state index contributed by atoms with van der Waals surface area (Å²) >= 11 is 0. The maximum absolute atomic E-state index is 12.6. The Hall–Kier alpha value is -3.12. The van der Waals surface area contributed by atoms with Crippen LogP contribution in [0.4, 0.5) is 11.4 Å². The summed E-state index contributed by atoms with van der Waals surface area (Å²) in [4.78, 5) is 27.5. The molecule has 2 amide bonds. The molecule has 3 rings (SSSR count). The van der Waals surface area contributed by atoms with Crippen molar-refractivity contribution in [1.82, 2.24) is 4.98 Å². The lowest BCUT2D eigenvalue weighted by Crippen LogP contribution is -2.17. The van der Waals surface area contributed by atoms with E-state index in [-0.39, 0.29) is 18.4 Å². The quantitative estimate of drug-likeness (QED) is 0.656. The fourth-order valence-electron chi connectivity index (χ4n) is 2.81. The monoisotopic (exact) mass is 351 g/mol. The molecule has 1 aromatic heterocycles. The second-order valence-corrected chi connectivity index (χ2v) is 6.15.